The highest BCUT2D eigenvalue weighted by atomic mass is 19.1. The molecule has 1 aromatic heterocycles. The van der Waals surface area contributed by atoms with Gasteiger partial charge in [0.05, 0.1) is 5.56 Å². The molecular formula is C11H11FN2O. The van der Waals surface area contributed by atoms with Gasteiger partial charge in [0, 0.05) is 18.7 Å². The summed E-state index contributed by atoms with van der Waals surface area (Å²) in [6.45, 7) is 1.80. The van der Waals surface area contributed by atoms with E-state index in [0.29, 0.717) is 12.0 Å². The molecule has 15 heavy (non-hydrogen) atoms. The monoisotopic (exact) mass is 206 g/mol. The second-order valence-electron chi connectivity index (χ2n) is 3.15. The molecule has 1 amide bonds. The van der Waals surface area contributed by atoms with Gasteiger partial charge in [-0.2, -0.15) is 4.39 Å². The lowest BCUT2D eigenvalue weighted by atomic mass is 10.2. The van der Waals surface area contributed by atoms with Crippen LogP contribution in [0.15, 0.2) is 18.3 Å². The Kier molecular flexibility index (Phi) is 3.81. The van der Waals surface area contributed by atoms with Gasteiger partial charge in [-0.3, -0.25) is 4.79 Å². The molecular weight excluding hydrogens is 195 g/mol. The largest absolute Gasteiger partial charge is 0.349 e. The number of pyridine rings is 1. The molecule has 1 unspecified atom stereocenters. The van der Waals surface area contributed by atoms with Gasteiger partial charge >= 0.3 is 0 Å². The van der Waals surface area contributed by atoms with Crippen LogP contribution in [0.25, 0.3) is 0 Å². The smallest absolute Gasteiger partial charge is 0.253 e. The zero-order valence-electron chi connectivity index (χ0n) is 8.33. The number of aromatic nitrogens is 1. The van der Waals surface area contributed by atoms with Crippen molar-refractivity contribution in [3.63, 3.8) is 0 Å². The molecule has 1 aromatic rings. The van der Waals surface area contributed by atoms with Gasteiger partial charge in [-0.25, -0.2) is 4.98 Å². The summed E-state index contributed by atoms with van der Waals surface area (Å²) in [7, 11) is 0. The first kappa shape index (κ1) is 11.2. The first-order chi connectivity index (χ1) is 7.13. The molecule has 1 heterocycles. The van der Waals surface area contributed by atoms with E-state index >= 15 is 0 Å². The fourth-order valence-corrected chi connectivity index (χ4v) is 1.05. The number of halogens is 1. The summed E-state index contributed by atoms with van der Waals surface area (Å²) >= 11 is 0. The van der Waals surface area contributed by atoms with Gasteiger partial charge in [-0.05, 0) is 19.1 Å². The molecule has 0 aliphatic heterocycles. The number of rotatable bonds is 3. The van der Waals surface area contributed by atoms with Crippen molar-refractivity contribution >= 4 is 5.91 Å². The number of hydrogen-bond donors (Lipinski definition) is 1. The van der Waals surface area contributed by atoms with Crippen LogP contribution in [0.1, 0.15) is 23.7 Å². The van der Waals surface area contributed by atoms with E-state index in [9.17, 15) is 9.18 Å². The Hall–Kier alpha value is -1.89. The molecule has 0 aromatic carbocycles. The molecule has 0 bridgehead atoms. The number of hydrogen-bond acceptors (Lipinski definition) is 2. The van der Waals surface area contributed by atoms with E-state index in [0.717, 1.165) is 6.07 Å². The zero-order valence-corrected chi connectivity index (χ0v) is 8.33. The summed E-state index contributed by atoms with van der Waals surface area (Å²) in [5, 5.41) is 2.67. The second-order valence-corrected chi connectivity index (χ2v) is 3.15. The van der Waals surface area contributed by atoms with Gasteiger partial charge in [0.15, 0.2) is 0 Å². The molecule has 0 fully saturated rings. The lowest BCUT2D eigenvalue weighted by Gasteiger charge is -2.10. The molecule has 0 radical (unpaired) electrons. The second kappa shape index (κ2) is 5.11. The molecule has 1 atom stereocenters. The molecule has 3 nitrogen and oxygen atoms in total. The Labute approximate surface area is 87.7 Å². The van der Waals surface area contributed by atoms with E-state index in [-0.39, 0.29) is 11.9 Å². The number of carbonyl (C=O) groups excluding carboxylic acids is 1. The summed E-state index contributed by atoms with van der Waals surface area (Å²) in [5.41, 5.74) is 0.320. The highest BCUT2D eigenvalue weighted by molar-refractivity contribution is 5.93. The van der Waals surface area contributed by atoms with Crippen molar-refractivity contribution in [1.29, 1.82) is 0 Å². The van der Waals surface area contributed by atoms with Crippen molar-refractivity contribution in [2.75, 3.05) is 0 Å². The van der Waals surface area contributed by atoms with Crippen LogP contribution in [0, 0.1) is 18.3 Å². The van der Waals surface area contributed by atoms with Crippen molar-refractivity contribution < 1.29 is 9.18 Å². The van der Waals surface area contributed by atoms with Crippen molar-refractivity contribution in [1.82, 2.24) is 10.3 Å². The van der Waals surface area contributed by atoms with Crippen LogP contribution in [0.3, 0.4) is 0 Å². The molecule has 0 spiro atoms. The Balaban J connectivity index is 2.62. The molecule has 1 rings (SSSR count). The van der Waals surface area contributed by atoms with Gasteiger partial charge in [0.1, 0.15) is 0 Å². The van der Waals surface area contributed by atoms with Crippen LogP contribution in [0.4, 0.5) is 4.39 Å². The predicted molar refractivity (Wildman–Crippen MR) is 54.6 cm³/mol. The lowest BCUT2D eigenvalue weighted by Crippen LogP contribution is -2.32. The van der Waals surface area contributed by atoms with Gasteiger partial charge < -0.3 is 5.32 Å². The molecule has 0 aliphatic carbocycles. The number of terminal acetylenes is 1. The number of nitrogens with zero attached hydrogens (tertiary/aromatic N) is 1. The maximum absolute atomic E-state index is 12.5. The van der Waals surface area contributed by atoms with Gasteiger partial charge in [0.2, 0.25) is 5.95 Å². The number of nitrogens with one attached hydrogen (secondary N) is 1. The topological polar surface area (TPSA) is 42.0 Å². The molecule has 0 saturated carbocycles. The van der Waals surface area contributed by atoms with Gasteiger partial charge in [-0.1, -0.05) is 0 Å². The molecule has 4 heteroatoms. The Morgan fingerprint density at radius 3 is 3.00 bits per heavy atom. The fraction of sp³-hybridized carbons (Fsp3) is 0.273. The Bertz CT molecular complexity index is 381. The van der Waals surface area contributed by atoms with Crippen LogP contribution in [0.5, 0.6) is 0 Å². The summed E-state index contributed by atoms with van der Waals surface area (Å²) in [6, 6.07) is 2.41. The predicted octanol–water partition coefficient (Wildman–Crippen LogP) is 1.36. The fourth-order valence-electron chi connectivity index (χ4n) is 1.05. The summed E-state index contributed by atoms with van der Waals surface area (Å²) in [5.74, 6) is 1.53. The van der Waals surface area contributed by atoms with Crippen LogP contribution in [-0.4, -0.2) is 16.9 Å². The van der Waals surface area contributed by atoms with Gasteiger partial charge in [0.25, 0.3) is 5.91 Å². The van der Waals surface area contributed by atoms with Crippen molar-refractivity contribution in [2.24, 2.45) is 0 Å². The minimum absolute atomic E-state index is 0.104. The first-order valence-electron chi connectivity index (χ1n) is 4.49. The number of carbonyl (C=O) groups is 1. The SMILES string of the molecule is C#CCC(C)NC(=O)c1ccc(F)nc1. The quantitative estimate of drug-likeness (QED) is 0.599. The molecule has 78 valence electrons. The van der Waals surface area contributed by atoms with Crippen LogP contribution in [0.2, 0.25) is 0 Å². The maximum atomic E-state index is 12.5. The van der Waals surface area contributed by atoms with E-state index in [1.807, 2.05) is 0 Å². The third-order valence-corrected chi connectivity index (χ3v) is 1.79. The van der Waals surface area contributed by atoms with Crippen molar-refractivity contribution in [3.05, 3.63) is 29.8 Å². The Morgan fingerprint density at radius 1 is 1.73 bits per heavy atom. The molecule has 0 aliphatic rings. The molecule has 1 N–H and O–H groups in total. The minimum Gasteiger partial charge on any atom is -0.349 e. The minimum atomic E-state index is -0.608. The normalized spacial score (nSPS) is 11.5. The highest BCUT2D eigenvalue weighted by Crippen LogP contribution is 2.00. The standard InChI is InChI=1S/C11H11FN2O/c1-3-4-8(2)14-11(15)9-5-6-10(12)13-7-9/h1,5-8H,4H2,2H3,(H,14,15). The van der Waals surface area contributed by atoms with Crippen LogP contribution < -0.4 is 5.32 Å². The third-order valence-electron chi connectivity index (χ3n) is 1.79. The lowest BCUT2D eigenvalue weighted by molar-refractivity contribution is 0.0940. The third kappa shape index (κ3) is 3.39. The first-order valence-corrected chi connectivity index (χ1v) is 4.49. The van der Waals surface area contributed by atoms with E-state index in [4.69, 9.17) is 6.42 Å². The maximum Gasteiger partial charge on any atom is 0.253 e. The van der Waals surface area contributed by atoms with E-state index in [1.165, 1.54) is 12.3 Å². The van der Waals surface area contributed by atoms with E-state index in [2.05, 4.69) is 16.2 Å². The summed E-state index contributed by atoms with van der Waals surface area (Å²) in [4.78, 5) is 14.9. The average molecular weight is 206 g/mol. The summed E-state index contributed by atoms with van der Waals surface area (Å²) in [6.07, 6.45) is 6.75. The van der Waals surface area contributed by atoms with Crippen LogP contribution >= 0.6 is 0 Å². The van der Waals surface area contributed by atoms with Crippen LogP contribution in [-0.2, 0) is 0 Å². The van der Waals surface area contributed by atoms with Gasteiger partial charge in [-0.15, -0.1) is 12.3 Å². The number of amides is 1. The zero-order chi connectivity index (χ0) is 11.3. The average Bonchev–Trinajstić information content (AvgIpc) is 2.18. The molecule has 0 saturated heterocycles. The summed E-state index contributed by atoms with van der Waals surface area (Å²) < 4.78 is 12.5. The highest BCUT2D eigenvalue weighted by Gasteiger charge is 2.08. The van der Waals surface area contributed by atoms with E-state index in [1.54, 1.807) is 6.92 Å². The van der Waals surface area contributed by atoms with Crippen molar-refractivity contribution in [3.8, 4) is 12.3 Å². The van der Waals surface area contributed by atoms with E-state index < -0.39 is 5.95 Å². The Morgan fingerprint density at radius 2 is 2.47 bits per heavy atom. The van der Waals surface area contributed by atoms with Crippen molar-refractivity contribution in [2.45, 2.75) is 19.4 Å².